The van der Waals surface area contributed by atoms with E-state index in [0.717, 1.165) is 12.0 Å². The highest BCUT2D eigenvalue weighted by molar-refractivity contribution is 5.88. The molecule has 5 fully saturated rings. The number of carbonyl (C=O) groups is 2. The van der Waals surface area contributed by atoms with Crippen molar-refractivity contribution in [2.45, 2.75) is 87.7 Å². The van der Waals surface area contributed by atoms with Gasteiger partial charge in [0.05, 0.1) is 24.2 Å². The van der Waals surface area contributed by atoms with Gasteiger partial charge in [0.2, 0.25) is 0 Å². The van der Waals surface area contributed by atoms with Gasteiger partial charge < -0.3 is 28.5 Å². The Morgan fingerprint density at radius 1 is 1.15 bits per heavy atom. The fourth-order valence-electron chi connectivity index (χ4n) is 8.31. The molecule has 1 aromatic heterocycles. The molecule has 0 amide bonds. The van der Waals surface area contributed by atoms with Crippen LogP contribution in [0.15, 0.2) is 35.2 Å². The van der Waals surface area contributed by atoms with E-state index in [1.165, 1.54) is 6.08 Å². The summed E-state index contributed by atoms with van der Waals surface area (Å²) in [5.41, 5.74) is -3.47. The van der Waals surface area contributed by atoms with Crippen LogP contribution in [-0.2, 0) is 28.5 Å². The molecule has 8 atom stereocenters. The largest absolute Gasteiger partial charge is 0.472 e. The van der Waals surface area contributed by atoms with Gasteiger partial charge >= 0.3 is 11.9 Å². The quantitative estimate of drug-likeness (QED) is 0.678. The molecular weight excluding hydrogens is 428 g/mol. The smallest absolute Gasteiger partial charge is 0.331 e. The summed E-state index contributed by atoms with van der Waals surface area (Å²) in [6, 6.07) is 1.83. The molecule has 176 valence electrons. The molecule has 2 aliphatic carbocycles. The Morgan fingerprint density at radius 2 is 1.97 bits per heavy atom. The van der Waals surface area contributed by atoms with Gasteiger partial charge in [-0.2, -0.15) is 0 Å². The van der Waals surface area contributed by atoms with E-state index in [2.05, 4.69) is 0 Å². The van der Waals surface area contributed by atoms with E-state index in [9.17, 15) is 14.7 Å². The lowest BCUT2D eigenvalue weighted by Gasteiger charge is -2.39. The Morgan fingerprint density at radius 3 is 2.67 bits per heavy atom. The topological polar surface area (TPSA) is 104 Å². The van der Waals surface area contributed by atoms with Crippen LogP contribution >= 0.6 is 0 Å². The lowest BCUT2D eigenvalue weighted by Crippen LogP contribution is -2.54. The zero-order chi connectivity index (χ0) is 23.1. The third-order valence-electron chi connectivity index (χ3n) is 9.61. The SMILES string of the molecule is CC1(C)O[C@@]2(C[C@@H]1[C@]1(C)C=CC(=O)O1)C[C@@]1(O)[C@H](CC[C@]34C[C@@]31C(=O)O[C@@H]4c1ccoc1)O2. The van der Waals surface area contributed by atoms with Gasteiger partial charge in [0.1, 0.15) is 22.7 Å². The summed E-state index contributed by atoms with van der Waals surface area (Å²) in [5, 5.41) is 12.2. The fraction of sp³-hybridized carbons (Fsp3) is 0.680. The number of furan rings is 1. The van der Waals surface area contributed by atoms with Gasteiger partial charge in [0, 0.05) is 35.8 Å². The summed E-state index contributed by atoms with van der Waals surface area (Å²) in [6.45, 7) is 5.81. The number of hydrogen-bond acceptors (Lipinski definition) is 8. The molecule has 4 aliphatic heterocycles. The standard InChI is InChI=1S/C25H28O8/c1-20(2)15(21(3)7-5-17(26)32-21)10-23(33-20)13-25(28)16(31-23)4-8-22-12-24(22,25)19(27)30-18(22)14-6-9-29-11-14/h5-7,9,11,15-16,18,28H,4,8,10,12-13H2,1-3H3/t15-,16-,18+,21-,22+,23-,24+,25+/m0/s1. The van der Waals surface area contributed by atoms with Crippen molar-refractivity contribution in [2.24, 2.45) is 16.7 Å². The summed E-state index contributed by atoms with van der Waals surface area (Å²) in [6.07, 6.45) is 8.06. The normalized spacial score (nSPS) is 53.0. The molecule has 0 bridgehead atoms. The summed E-state index contributed by atoms with van der Waals surface area (Å²) in [7, 11) is 0. The maximum Gasteiger partial charge on any atom is 0.331 e. The monoisotopic (exact) mass is 456 g/mol. The molecule has 5 heterocycles. The predicted molar refractivity (Wildman–Crippen MR) is 110 cm³/mol. The number of cyclic esters (lactones) is 2. The Bertz CT molecular complexity index is 1110. The third-order valence-corrected chi connectivity index (χ3v) is 9.61. The number of hydrogen-bond donors (Lipinski definition) is 1. The molecular formula is C25H28O8. The molecule has 8 heteroatoms. The minimum Gasteiger partial charge on any atom is -0.472 e. The third kappa shape index (κ3) is 2.14. The molecule has 33 heavy (non-hydrogen) atoms. The van der Waals surface area contributed by atoms with Gasteiger partial charge in [-0.25, -0.2) is 4.79 Å². The highest BCUT2D eigenvalue weighted by Gasteiger charge is 2.92. The van der Waals surface area contributed by atoms with Crippen molar-refractivity contribution in [1.29, 1.82) is 0 Å². The zero-order valence-electron chi connectivity index (χ0n) is 19.0. The van der Waals surface area contributed by atoms with Crippen LogP contribution in [0.5, 0.6) is 0 Å². The molecule has 7 rings (SSSR count). The van der Waals surface area contributed by atoms with Gasteiger partial charge in [-0.1, -0.05) is 0 Å². The molecule has 0 radical (unpaired) electrons. The van der Waals surface area contributed by atoms with Crippen LogP contribution in [0.25, 0.3) is 0 Å². The van der Waals surface area contributed by atoms with E-state index in [-0.39, 0.29) is 24.3 Å². The van der Waals surface area contributed by atoms with Crippen molar-refractivity contribution in [3.8, 4) is 0 Å². The van der Waals surface area contributed by atoms with Gasteiger partial charge in [-0.05, 0) is 52.2 Å². The fourth-order valence-corrected chi connectivity index (χ4v) is 8.31. The number of esters is 2. The van der Waals surface area contributed by atoms with Crippen molar-refractivity contribution < 1.29 is 38.1 Å². The van der Waals surface area contributed by atoms with Crippen LogP contribution in [-0.4, -0.2) is 45.7 Å². The number of ether oxygens (including phenoxy) is 4. The van der Waals surface area contributed by atoms with Crippen LogP contribution in [0.2, 0.25) is 0 Å². The van der Waals surface area contributed by atoms with Gasteiger partial charge in [0.15, 0.2) is 5.79 Å². The Labute approximate surface area is 191 Å². The number of aliphatic hydroxyl groups is 1. The lowest BCUT2D eigenvalue weighted by molar-refractivity contribution is -0.240. The van der Waals surface area contributed by atoms with E-state index >= 15 is 0 Å². The second-order valence-electron chi connectivity index (χ2n) is 11.6. The van der Waals surface area contributed by atoms with E-state index in [1.54, 1.807) is 18.6 Å². The molecule has 8 nitrogen and oxygen atoms in total. The highest BCUT2D eigenvalue weighted by Crippen LogP contribution is 2.85. The Hall–Kier alpha value is -2.16. The van der Waals surface area contributed by atoms with Gasteiger partial charge in [-0.3, -0.25) is 4.79 Å². The van der Waals surface area contributed by atoms with E-state index in [1.807, 2.05) is 26.8 Å². The first-order valence-electron chi connectivity index (χ1n) is 11.8. The Kier molecular flexibility index (Phi) is 3.41. The average Bonchev–Trinajstić information content (AvgIpc) is 3.20. The molecule has 2 saturated carbocycles. The van der Waals surface area contributed by atoms with Gasteiger partial charge in [-0.15, -0.1) is 0 Å². The maximum atomic E-state index is 13.3. The van der Waals surface area contributed by atoms with Crippen LogP contribution in [0.3, 0.4) is 0 Å². The minimum absolute atomic E-state index is 0.174. The first-order valence-corrected chi connectivity index (χ1v) is 11.8. The molecule has 6 aliphatic rings. The van der Waals surface area contributed by atoms with Crippen LogP contribution in [0, 0.1) is 16.7 Å². The predicted octanol–water partition coefficient (Wildman–Crippen LogP) is 2.95. The van der Waals surface area contributed by atoms with E-state index < -0.39 is 45.6 Å². The molecule has 3 saturated heterocycles. The van der Waals surface area contributed by atoms with Crippen molar-refractivity contribution in [2.75, 3.05) is 0 Å². The summed E-state index contributed by atoms with van der Waals surface area (Å²) < 4.78 is 29.8. The van der Waals surface area contributed by atoms with Crippen LogP contribution in [0.1, 0.15) is 64.5 Å². The number of carbonyl (C=O) groups excluding carboxylic acids is 2. The molecule has 0 aromatic carbocycles. The second-order valence-corrected chi connectivity index (χ2v) is 11.6. The zero-order valence-corrected chi connectivity index (χ0v) is 19.0. The van der Waals surface area contributed by atoms with Crippen molar-refractivity contribution in [1.82, 2.24) is 0 Å². The maximum absolute atomic E-state index is 13.3. The van der Waals surface area contributed by atoms with Crippen molar-refractivity contribution in [3.63, 3.8) is 0 Å². The molecule has 0 unspecified atom stereocenters. The first-order chi connectivity index (χ1) is 15.5. The summed E-state index contributed by atoms with van der Waals surface area (Å²) in [4.78, 5) is 25.2. The van der Waals surface area contributed by atoms with Crippen LogP contribution in [0.4, 0.5) is 0 Å². The minimum atomic E-state index is -1.38. The van der Waals surface area contributed by atoms with E-state index in [4.69, 9.17) is 23.4 Å². The van der Waals surface area contributed by atoms with Crippen molar-refractivity contribution in [3.05, 3.63) is 36.3 Å². The van der Waals surface area contributed by atoms with E-state index in [0.29, 0.717) is 19.3 Å². The molecule has 1 spiro atoms. The average molecular weight is 456 g/mol. The summed E-state index contributed by atoms with van der Waals surface area (Å²) >= 11 is 0. The van der Waals surface area contributed by atoms with Gasteiger partial charge in [0.25, 0.3) is 0 Å². The number of fused-ring (bicyclic) bond motifs is 1. The number of rotatable bonds is 2. The van der Waals surface area contributed by atoms with Crippen LogP contribution < -0.4 is 0 Å². The van der Waals surface area contributed by atoms with Crippen molar-refractivity contribution >= 4 is 11.9 Å². The second kappa shape index (κ2) is 5.56. The Balaban J connectivity index is 1.24. The highest BCUT2D eigenvalue weighted by atomic mass is 16.7. The molecule has 1 aromatic rings. The first kappa shape index (κ1) is 20.2. The lowest BCUT2D eigenvalue weighted by atomic mass is 9.65. The molecule has 1 N–H and O–H groups in total. The summed E-state index contributed by atoms with van der Waals surface area (Å²) in [5.74, 6) is -1.95.